The van der Waals surface area contributed by atoms with Crippen LogP contribution in [0.2, 0.25) is 0 Å². The first-order valence-corrected chi connectivity index (χ1v) is 12.5. The second-order valence-electron chi connectivity index (χ2n) is 8.85. The van der Waals surface area contributed by atoms with Crippen molar-refractivity contribution in [3.8, 4) is 0 Å². The second kappa shape index (κ2) is 12.4. The monoisotopic (exact) mass is 577 g/mol. The first-order valence-electron chi connectivity index (χ1n) is 11.6. The van der Waals surface area contributed by atoms with E-state index in [9.17, 15) is 44.2 Å². The van der Waals surface area contributed by atoms with Gasteiger partial charge in [-0.05, 0) is 23.7 Å². The number of thioether (sulfide) groups is 1. The average Bonchev–Trinajstić information content (AvgIpc) is 2.92. The number of fused-ring (bicyclic) bond motifs is 1. The minimum absolute atomic E-state index is 0.207. The quantitative estimate of drug-likeness (QED) is 0.0985. The van der Waals surface area contributed by atoms with Gasteiger partial charge in [0.15, 0.2) is 11.6 Å². The standard InChI is InChI=1S/C22H25F2N3O11S/c23-9-1-2-10-8(13(9)24)3-7(20(34)36-10)6-35-19-16(31)12(5-29)38-22(18(19)33)39-21-17(32)14(26-27-25)15(30)11(4-28)37-21/h1-3,11-12,14-19,21-22,28-33H,4-6H2/t11?,12-,14?,15+,16?,17+,18-,19?,21+,22+/m1/s1. The lowest BCUT2D eigenvalue weighted by molar-refractivity contribution is -0.224. The highest BCUT2D eigenvalue weighted by Crippen LogP contribution is 2.38. The predicted molar refractivity (Wildman–Crippen MR) is 127 cm³/mol. The lowest BCUT2D eigenvalue weighted by Gasteiger charge is -2.45. The molecule has 2 saturated heterocycles. The predicted octanol–water partition coefficient (Wildman–Crippen LogP) is -0.754. The van der Waals surface area contributed by atoms with Crippen molar-refractivity contribution in [3.63, 3.8) is 0 Å². The number of ether oxygens (including phenoxy) is 3. The van der Waals surface area contributed by atoms with Crippen LogP contribution in [-0.2, 0) is 20.8 Å². The topological polar surface area (TPSA) is 228 Å². The molecule has 0 saturated carbocycles. The number of halogens is 2. The number of rotatable bonds is 8. The van der Waals surface area contributed by atoms with E-state index in [0.717, 1.165) is 18.2 Å². The van der Waals surface area contributed by atoms with Crippen molar-refractivity contribution >= 4 is 22.7 Å². The zero-order valence-electron chi connectivity index (χ0n) is 19.9. The van der Waals surface area contributed by atoms with E-state index in [1.54, 1.807) is 0 Å². The SMILES string of the molecule is [N-]=[N+]=NC1[C@@H](O)C(CO)O[C@@H](S[C@@H]2O[C@H](CO)C(O)C(OCc3cc4c(F)c(F)ccc4oc3=O)[C@H]2O)[C@H]1O. The number of nitrogens with zero attached hydrogens (tertiary/aromatic N) is 3. The van der Waals surface area contributed by atoms with Crippen LogP contribution in [0.1, 0.15) is 5.56 Å². The molecule has 2 fully saturated rings. The maximum Gasteiger partial charge on any atom is 0.341 e. The summed E-state index contributed by atoms with van der Waals surface area (Å²) in [6.45, 7) is -2.05. The van der Waals surface area contributed by atoms with E-state index in [4.69, 9.17) is 24.2 Å². The van der Waals surface area contributed by atoms with E-state index in [1.165, 1.54) is 0 Å². The van der Waals surface area contributed by atoms with Crippen molar-refractivity contribution in [1.29, 1.82) is 0 Å². The molecule has 4 rings (SSSR count). The molecule has 214 valence electrons. The summed E-state index contributed by atoms with van der Waals surface area (Å²) in [6, 6.07) is 1.47. The first-order chi connectivity index (χ1) is 18.6. The molecule has 0 bridgehead atoms. The fourth-order valence-electron chi connectivity index (χ4n) is 4.33. The number of hydrogen-bond donors (Lipinski definition) is 6. The number of benzene rings is 1. The van der Waals surface area contributed by atoms with Crippen LogP contribution in [0.5, 0.6) is 0 Å². The molecule has 2 aliphatic heterocycles. The molecule has 2 aliphatic rings. The van der Waals surface area contributed by atoms with Crippen LogP contribution in [0.25, 0.3) is 21.4 Å². The fraction of sp³-hybridized carbons (Fsp3) is 0.591. The molecule has 2 aromatic rings. The van der Waals surface area contributed by atoms with Crippen LogP contribution in [0.15, 0.2) is 32.5 Å². The normalized spacial score (nSPS) is 35.1. The minimum Gasteiger partial charge on any atom is -0.422 e. The highest BCUT2D eigenvalue weighted by atomic mass is 32.2. The van der Waals surface area contributed by atoms with E-state index in [0.29, 0.717) is 11.8 Å². The third-order valence-corrected chi connectivity index (χ3v) is 7.75. The molecule has 39 heavy (non-hydrogen) atoms. The van der Waals surface area contributed by atoms with Crippen molar-refractivity contribution < 1.29 is 58.0 Å². The molecule has 3 heterocycles. The molecule has 1 aromatic heterocycles. The number of aliphatic hydroxyl groups excluding tert-OH is 6. The smallest absolute Gasteiger partial charge is 0.341 e. The number of aliphatic hydroxyl groups is 6. The van der Waals surface area contributed by atoms with E-state index in [2.05, 4.69) is 10.0 Å². The molecule has 17 heteroatoms. The number of hydrogen-bond acceptors (Lipinski definition) is 13. The van der Waals surface area contributed by atoms with Gasteiger partial charge in [-0.25, -0.2) is 13.6 Å². The lowest BCUT2D eigenvalue weighted by Crippen LogP contribution is -2.61. The zero-order valence-corrected chi connectivity index (χ0v) is 20.7. The zero-order chi connectivity index (χ0) is 28.4. The van der Waals surface area contributed by atoms with E-state index < -0.39 is 96.7 Å². The Morgan fingerprint density at radius 3 is 2.28 bits per heavy atom. The van der Waals surface area contributed by atoms with E-state index in [1.807, 2.05) is 0 Å². The molecule has 4 unspecified atom stereocenters. The summed E-state index contributed by atoms with van der Waals surface area (Å²) < 4.78 is 49.4. The van der Waals surface area contributed by atoms with Crippen molar-refractivity contribution in [2.24, 2.45) is 5.11 Å². The second-order valence-corrected chi connectivity index (χ2v) is 10.1. The van der Waals surface area contributed by atoms with Gasteiger partial charge in [-0.3, -0.25) is 0 Å². The average molecular weight is 578 g/mol. The molecule has 0 aliphatic carbocycles. The Morgan fingerprint density at radius 1 is 1.00 bits per heavy atom. The van der Waals surface area contributed by atoms with Crippen molar-refractivity contribution in [2.75, 3.05) is 13.2 Å². The Labute approximate surface area is 222 Å². The summed E-state index contributed by atoms with van der Waals surface area (Å²) in [6.07, 6.45) is -10.5. The molecule has 0 amide bonds. The van der Waals surface area contributed by atoms with Gasteiger partial charge in [-0.15, -0.1) is 0 Å². The maximum atomic E-state index is 14.2. The Bertz CT molecular complexity index is 1280. The molecular weight excluding hydrogens is 552 g/mol. The van der Waals surface area contributed by atoms with Crippen LogP contribution in [0.3, 0.4) is 0 Å². The molecule has 14 nitrogen and oxygen atoms in total. The van der Waals surface area contributed by atoms with E-state index in [-0.39, 0.29) is 16.5 Å². The highest BCUT2D eigenvalue weighted by molar-refractivity contribution is 8.00. The molecule has 10 atom stereocenters. The van der Waals surface area contributed by atoms with E-state index >= 15 is 0 Å². The molecule has 1 aromatic carbocycles. The lowest BCUT2D eigenvalue weighted by atomic mass is 9.98. The van der Waals surface area contributed by atoms with Gasteiger partial charge in [-0.2, -0.15) is 0 Å². The Morgan fingerprint density at radius 2 is 1.64 bits per heavy atom. The van der Waals surface area contributed by atoms with Crippen molar-refractivity contribution in [1.82, 2.24) is 0 Å². The molecule has 0 spiro atoms. The third-order valence-electron chi connectivity index (χ3n) is 6.43. The Kier molecular flexibility index (Phi) is 9.41. The van der Waals surface area contributed by atoms with Crippen molar-refractivity contribution in [3.05, 3.63) is 56.3 Å². The Balaban J connectivity index is 1.54. The maximum absolute atomic E-state index is 14.2. The van der Waals surface area contributed by atoms with Gasteiger partial charge in [0.05, 0.1) is 42.9 Å². The summed E-state index contributed by atoms with van der Waals surface area (Å²) >= 11 is 0.640. The van der Waals surface area contributed by atoms with Crippen LogP contribution in [0.4, 0.5) is 8.78 Å². The first kappa shape index (κ1) is 29.6. The fourth-order valence-corrected chi connectivity index (χ4v) is 5.64. The van der Waals surface area contributed by atoms with Gasteiger partial charge >= 0.3 is 5.63 Å². The highest BCUT2D eigenvalue weighted by Gasteiger charge is 2.50. The number of azide groups is 1. The molecular formula is C22H25F2N3O11S. The minimum atomic E-state index is -1.68. The van der Waals surface area contributed by atoms with Gasteiger partial charge in [0.25, 0.3) is 0 Å². The van der Waals surface area contributed by atoms with Gasteiger partial charge in [0, 0.05) is 4.91 Å². The van der Waals surface area contributed by atoms with Gasteiger partial charge < -0.3 is 49.3 Å². The third kappa shape index (κ3) is 5.89. The largest absolute Gasteiger partial charge is 0.422 e. The van der Waals surface area contributed by atoms with Gasteiger partial charge in [-0.1, -0.05) is 16.9 Å². The summed E-state index contributed by atoms with van der Waals surface area (Å²) in [5.74, 6) is -2.42. The van der Waals surface area contributed by atoms with Gasteiger partial charge in [0.1, 0.15) is 53.1 Å². The molecule has 6 N–H and O–H groups in total. The van der Waals surface area contributed by atoms with Crippen LogP contribution >= 0.6 is 11.8 Å². The summed E-state index contributed by atoms with van der Waals surface area (Å²) in [7, 11) is 0. The molecule has 0 radical (unpaired) electrons. The van der Waals surface area contributed by atoms with Gasteiger partial charge in [0.2, 0.25) is 0 Å². The summed E-state index contributed by atoms with van der Waals surface area (Å²) in [4.78, 5) is 14.9. The Hall–Kier alpha value is -2.41. The van der Waals surface area contributed by atoms with Crippen LogP contribution < -0.4 is 5.63 Å². The summed E-state index contributed by atoms with van der Waals surface area (Å²) in [5.41, 5.74) is 4.70. The van der Waals surface area contributed by atoms with Crippen LogP contribution in [0, 0.1) is 11.6 Å². The van der Waals surface area contributed by atoms with Crippen LogP contribution in [-0.4, -0.2) is 103 Å². The van der Waals surface area contributed by atoms with Crippen molar-refractivity contribution in [2.45, 2.75) is 66.2 Å². The summed E-state index contributed by atoms with van der Waals surface area (Å²) in [5, 5.41) is 64.6.